The maximum absolute atomic E-state index is 10.7. The summed E-state index contributed by atoms with van der Waals surface area (Å²) in [4.78, 5) is 10.3. The molecule has 2 aromatic heterocycles. The van der Waals surface area contributed by atoms with Gasteiger partial charge in [0.2, 0.25) is 0 Å². The molecule has 0 radical (unpaired) electrons. The predicted molar refractivity (Wildman–Crippen MR) is 99.2 cm³/mol. The Morgan fingerprint density at radius 2 is 2.08 bits per heavy atom. The van der Waals surface area contributed by atoms with Gasteiger partial charge in [-0.3, -0.25) is 14.8 Å². The summed E-state index contributed by atoms with van der Waals surface area (Å²) in [6, 6.07) is 7.58. The quantitative estimate of drug-likeness (QED) is 0.253. The zero-order chi connectivity index (χ0) is 18.5. The number of nitrogens with zero attached hydrogens (tertiary/aromatic N) is 6. The number of aromatic nitrogens is 5. The number of halogens is 1. The van der Waals surface area contributed by atoms with Crippen LogP contribution < -0.4 is 0 Å². The molecule has 0 bridgehead atoms. The Kier molecular flexibility index (Phi) is 5.69. The highest BCUT2D eigenvalue weighted by molar-refractivity contribution is 7.98. The van der Waals surface area contributed by atoms with Crippen LogP contribution in [0, 0.1) is 10.1 Å². The van der Waals surface area contributed by atoms with Crippen LogP contribution in [-0.2, 0) is 18.8 Å². The molecular formula is C16H15ClN6O2S. The molecule has 0 amide bonds. The number of rotatable bonds is 8. The van der Waals surface area contributed by atoms with Crippen LogP contribution in [0.4, 0.5) is 5.69 Å². The zero-order valence-corrected chi connectivity index (χ0v) is 15.2. The minimum atomic E-state index is -0.474. The minimum absolute atomic E-state index is 0.0402. The molecule has 0 aliphatic carbocycles. The Morgan fingerprint density at radius 3 is 2.73 bits per heavy atom. The average Bonchev–Trinajstić information content (AvgIpc) is 3.24. The van der Waals surface area contributed by atoms with E-state index < -0.39 is 4.92 Å². The Labute approximate surface area is 158 Å². The topological polar surface area (TPSA) is 91.7 Å². The average molecular weight is 391 g/mol. The molecule has 8 nitrogen and oxygen atoms in total. The smallest absolute Gasteiger partial charge is 0.302 e. The van der Waals surface area contributed by atoms with Gasteiger partial charge in [0.15, 0.2) is 5.16 Å². The van der Waals surface area contributed by atoms with Crippen molar-refractivity contribution in [2.24, 2.45) is 0 Å². The highest BCUT2D eigenvalue weighted by Crippen LogP contribution is 2.22. The summed E-state index contributed by atoms with van der Waals surface area (Å²) >= 11 is 7.32. The van der Waals surface area contributed by atoms with Crippen molar-refractivity contribution < 1.29 is 4.92 Å². The standard InChI is InChI=1S/C16H15ClN6O2S/c1-2-7-22-15(8-12-3-5-13(17)6-4-12)19-20-16(22)26-11-21-10-14(9-18-21)23(24)25/h2-6,9-10H,1,7-8,11H2. The van der Waals surface area contributed by atoms with Crippen LogP contribution in [0.25, 0.3) is 0 Å². The molecule has 0 N–H and O–H groups in total. The maximum Gasteiger partial charge on any atom is 0.307 e. The molecule has 0 saturated carbocycles. The first-order chi connectivity index (χ1) is 12.6. The summed E-state index contributed by atoms with van der Waals surface area (Å²) in [5.74, 6) is 1.20. The van der Waals surface area contributed by atoms with Gasteiger partial charge in [0.1, 0.15) is 18.2 Å². The number of hydrogen-bond acceptors (Lipinski definition) is 6. The molecule has 0 aliphatic heterocycles. The van der Waals surface area contributed by atoms with E-state index in [1.54, 1.807) is 6.08 Å². The third-order valence-corrected chi connectivity index (χ3v) is 4.74. The third kappa shape index (κ3) is 4.30. The van der Waals surface area contributed by atoms with Crippen LogP contribution in [0.2, 0.25) is 5.02 Å². The van der Waals surface area contributed by atoms with Crippen LogP contribution >= 0.6 is 23.4 Å². The van der Waals surface area contributed by atoms with Crippen molar-refractivity contribution >= 4 is 29.1 Å². The van der Waals surface area contributed by atoms with E-state index in [2.05, 4.69) is 21.9 Å². The van der Waals surface area contributed by atoms with Gasteiger partial charge in [0.05, 0.1) is 10.8 Å². The summed E-state index contributed by atoms with van der Waals surface area (Å²) in [5, 5.41) is 24.6. The van der Waals surface area contributed by atoms with Gasteiger partial charge < -0.3 is 4.57 Å². The zero-order valence-electron chi connectivity index (χ0n) is 13.7. The summed E-state index contributed by atoms with van der Waals surface area (Å²) in [5.41, 5.74) is 1.04. The number of nitro groups is 1. The van der Waals surface area contributed by atoms with Gasteiger partial charge in [-0.2, -0.15) is 5.10 Å². The van der Waals surface area contributed by atoms with Gasteiger partial charge in [-0.05, 0) is 17.7 Å². The lowest BCUT2D eigenvalue weighted by molar-refractivity contribution is -0.385. The number of benzene rings is 1. The Balaban J connectivity index is 1.74. The van der Waals surface area contributed by atoms with E-state index in [4.69, 9.17) is 11.6 Å². The Hall–Kier alpha value is -2.65. The molecule has 1 aromatic carbocycles. The van der Waals surface area contributed by atoms with Crippen molar-refractivity contribution in [2.75, 3.05) is 0 Å². The number of allylic oxidation sites excluding steroid dienone is 1. The molecule has 3 rings (SSSR count). The van der Waals surface area contributed by atoms with Gasteiger partial charge in [0, 0.05) is 18.0 Å². The molecule has 134 valence electrons. The number of thioether (sulfide) groups is 1. The van der Waals surface area contributed by atoms with Crippen molar-refractivity contribution in [3.05, 3.63) is 75.8 Å². The predicted octanol–water partition coefficient (Wildman–Crippen LogP) is 3.56. The first kappa shape index (κ1) is 18.2. The lowest BCUT2D eigenvalue weighted by Gasteiger charge is -2.08. The fourth-order valence-electron chi connectivity index (χ4n) is 2.30. The lowest BCUT2D eigenvalue weighted by atomic mass is 10.1. The van der Waals surface area contributed by atoms with Crippen LogP contribution in [-0.4, -0.2) is 29.5 Å². The second-order valence-corrected chi connectivity index (χ2v) is 6.72. The molecule has 0 unspecified atom stereocenters. The molecule has 0 saturated heterocycles. The molecule has 10 heteroatoms. The first-order valence-corrected chi connectivity index (χ1v) is 9.00. The van der Waals surface area contributed by atoms with Crippen LogP contribution in [0.1, 0.15) is 11.4 Å². The van der Waals surface area contributed by atoms with E-state index in [9.17, 15) is 10.1 Å². The van der Waals surface area contributed by atoms with E-state index in [1.165, 1.54) is 28.8 Å². The van der Waals surface area contributed by atoms with Crippen LogP contribution in [0.15, 0.2) is 54.5 Å². The largest absolute Gasteiger partial charge is 0.307 e. The van der Waals surface area contributed by atoms with Crippen molar-refractivity contribution in [3.63, 3.8) is 0 Å². The number of hydrogen-bond donors (Lipinski definition) is 0. The van der Waals surface area contributed by atoms with Crippen molar-refractivity contribution in [2.45, 2.75) is 24.0 Å². The minimum Gasteiger partial charge on any atom is -0.302 e. The monoisotopic (exact) mass is 390 g/mol. The fourth-order valence-corrected chi connectivity index (χ4v) is 3.24. The molecule has 26 heavy (non-hydrogen) atoms. The van der Waals surface area contributed by atoms with Crippen molar-refractivity contribution in [1.29, 1.82) is 0 Å². The summed E-state index contributed by atoms with van der Waals surface area (Å²) in [6.07, 6.45) is 5.00. The van der Waals surface area contributed by atoms with Crippen LogP contribution in [0.3, 0.4) is 0 Å². The molecular weight excluding hydrogens is 376 g/mol. The Morgan fingerprint density at radius 1 is 1.31 bits per heavy atom. The Bertz CT molecular complexity index is 921. The molecule has 0 aliphatic rings. The lowest BCUT2D eigenvalue weighted by Crippen LogP contribution is -2.05. The van der Waals surface area contributed by atoms with E-state index in [0.29, 0.717) is 29.0 Å². The summed E-state index contributed by atoms with van der Waals surface area (Å²) in [6.45, 7) is 4.35. The van der Waals surface area contributed by atoms with Crippen LogP contribution in [0.5, 0.6) is 0 Å². The summed E-state index contributed by atoms with van der Waals surface area (Å²) in [7, 11) is 0. The SMILES string of the molecule is C=CCn1c(Cc2ccc(Cl)cc2)nnc1SCn1cc([N+](=O)[O-])cn1. The van der Waals surface area contributed by atoms with Gasteiger partial charge >= 0.3 is 5.69 Å². The molecule has 0 spiro atoms. The maximum atomic E-state index is 10.7. The van der Waals surface area contributed by atoms with E-state index in [0.717, 1.165) is 11.4 Å². The fraction of sp³-hybridized carbons (Fsp3) is 0.188. The van der Waals surface area contributed by atoms with Crippen molar-refractivity contribution in [1.82, 2.24) is 24.5 Å². The highest BCUT2D eigenvalue weighted by atomic mass is 35.5. The van der Waals surface area contributed by atoms with Gasteiger partial charge in [0.25, 0.3) is 0 Å². The highest BCUT2D eigenvalue weighted by Gasteiger charge is 2.14. The molecule has 0 atom stereocenters. The van der Waals surface area contributed by atoms with E-state index >= 15 is 0 Å². The van der Waals surface area contributed by atoms with Gasteiger partial charge in [-0.15, -0.1) is 16.8 Å². The molecule has 2 heterocycles. The van der Waals surface area contributed by atoms with Crippen molar-refractivity contribution in [3.8, 4) is 0 Å². The normalized spacial score (nSPS) is 10.8. The van der Waals surface area contributed by atoms with Gasteiger partial charge in [-0.25, -0.2) is 0 Å². The first-order valence-electron chi connectivity index (χ1n) is 7.64. The summed E-state index contributed by atoms with van der Waals surface area (Å²) < 4.78 is 3.46. The third-order valence-electron chi connectivity index (χ3n) is 3.54. The second-order valence-electron chi connectivity index (χ2n) is 5.37. The molecule has 3 aromatic rings. The second kappa shape index (κ2) is 8.15. The van der Waals surface area contributed by atoms with E-state index in [1.807, 2.05) is 28.8 Å². The van der Waals surface area contributed by atoms with Gasteiger partial charge in [-0.1, -0.05) is 41.6 Å². The van der Waals surface area contributed by atoms with E-state index in [-0.39, 0.29) is 5.69 Å². The molecule has 0 fully saturated rings.